The van der Waals surface area contributed by atoms with E-state index in [4.69, 9.17) is 5.73 Å². The standard InChI is InChI=1S/C10H20N4O3.C3H8.2C2H6/c1-7(15)8(14-9(16)6-12-2)4-3-5-13-10(11)17;1-3-2;2*1-2/h8,12H,3-6H2,1-2H3,(H,14,16)(H3,11,13,17);3H2,1-2H3;2*1-2H3. The second-order valence-corrected chi connectivity index (χ2v) is 4.40. The number of ketones is 1. The minimum Gasteiger partial charge on any atom is -0.352 e. The highest BCUT2D eigenvalue weighted by Crippen LogP contribution is 1.98. The number of likely N-dealkylation sites (N-methyl/N-ethyl adjacent to an activating group) is 1. The molecule has 1 atom stereocenters. The summed E-state index contributed by atoms with van der Waals surface area (Å²) in [6.07, 6.45) is 2.30. The first-order chi connectivity index (χ1) is 11.4. The van der Waals surface area contributed by atoms with Crippen LogP contribution >= 0.6 is 0 Å². The predicted molar refractivity (Wildman–Crippen MR) is 102 cm³/mol. The smallest absolute Gasteiger partial charge is 0.312 e. The summed E-state index contributed by atoms with van der Waals surface area (Å²) in [4.78, 5) is 33.0. The zero-order valence-corrected chi connectivity index (χ0v) is 16.9. The molecule has 0 spiro atoms. The molecule has 7 heteroatoms. The summed E-state index contributed by atoms with van der Waals surface area (Å²) in [7, 11) is 1.65. The monoisotopic (exact) mass is 348 g/mol. The lowest BCUT2D eigenvalue weighted by atomic mass is 10.1. The van der Waals surface area contributed by atoms with Crippen LogP contribution in [0.15, 0.2) is 0 Å². The molecule has 0 heterocycles. The molecule has 1 unspecified atom stereocenters. The predicted octanol–water partition coefficient (Wildman–Crippen LogP) is 2.20. The molecular weight excluding hydrogens is 308 g/mol. The molecule has 0 aromatic rings. The van der Waals surface area contributed by atoms with Gasteiger partial charge in [0.2, 0.25) is 5.91 Å². The molecule has 0 rings (SSSR count). The molecule has 0 aromatic carbocycles. The van der Waals surface area contributed by atoms with Crippen LogP contribution in [0.1, 0.15) is 67.7 Å². The molecule has 24 heavy (non-hydrogen) atoms. The third kappa shape index (κ3) is 28.5. The molecule has 0 bridgehead atoms. The lowest BCUT2D eigenvalue weighted by Gasteiger charge is -2.15. The SMILES string of the molecule is CC.CC.CCC.CNCC(=O)NC(CCCNC(N)=O)C(C)=O. The highest BCUT2D eigenvalue weighted by molar-refractivity contribution is 5.88. The van der Waals surface area contributed by atoms with Crippen LogP contribution in [0.2, 0.25) is 0 Å². The Morgan fingerprint density at radius 1 is 1.04 bits per heavy atom. The second-order valence-electron chi connectivity index (χ2n) is 4.40. The van der Waals surface area contributed by atoms with Gasteiger partial charge in [-0.2, -0.15) is 0 Å². The van der Waals surface area contributed by atoms with E-state index in [1.165, 1.54) is 13.3 Å². The van der Waals surface area contributed by atoms with Gasteiger partial charge in [-0.15, -0.1) is 0 Å². The maximum absolute atomic E-state index is 11.3. The van der Waals surface area contributed by atoms with E-state index in [1.54, 1.807) is 7.05 Å². The Morgan fingerprint density at radius 3 is 1.83 bits per heavy atom. The quantitative estimate of drug-likeness (QED) is 0.503. The number of hydrogen-bond acceptors (Lipinski definition) is 4. The molecular formula is C17H40N4O3. The Labute approximate surface area is 148 Å². The van der Waals surface area contributed by atoms with Gasteiger partial charge in [0.15, 0.2) is 5.78 Å². The zero-order chi connectivity index (χ0) is 20.0. The van der Waals surface area contributed by atoms with Crippen molar-refractivity contribution in [1.82, 2.24) is 16.0 Å². The van der Waals surface area contributed by atoms with E-state index in [9.17, 15) is 14.4 Å². The van der Waals surface area contributed by atoms with Crippen molar-refractivity contribution in [2.75, 3.05) is 20.1 Å². The van der Waals surface area contributed by atoms with Crippen LogP contribution < -0.4 is 21.7 Å². The van der Waals surface area contributed by atoms with Gasteiger partial charge in [-0.25, -0.2) is 4.79 Å². The van der Waals surface area contributed by atoms with E-state index in [0.29, 0.717) is 19.4 Å². The Morgan fingerprint density at radius 2 is 1.50 bits per heavy atom. The summed E-state index contributed by atoms with van der Waals surface area (Å²) in [6.45, 7) is 14.2. The molecule has 0 aliphatic rings. The first-order valence-electron chi connectivity index (χ1n) is 8.86. The zero-order valence-electron chi connectivity index (χ0n) is 16.9. The van der Waals surface area contributed by atoms with Gasteiger partial charge < -0.3 is 21.7 Å². The van der Waals surface area contributed by atoms with Gasteiger partial charge in [0.05, 0.1) is 12.6 Å². The average molecular weight is 349 g/mol. The topological polar surface area (TPSA) is 113 Å². The van der Waals surface area contributed by atoms with Crippen molar-refractivity contribution in [1.29, 1.82) is 0 Å². The Hall–Kier alpha value is -1.63. The number of Topliss-reactive ketones (excluding diaryl/α,β-unsaturated/α-hetero) is 1. The molecule has 0 radical (unpaired) electrons. The summed E-state index contributed by atoms with van der Waals surface area (Å²) in [6, 6.07) is -1.10. The van der Waals surface area contributed by atoms with E-state index in [-0.39, 0.29) is 18.2 Å². The molecule has 0 saturated carbocycles. The lowest BCUT2D eigenvalue weighted by molar-refractivity contribution is -0.126. The number of nitrogens with one attached hydrogen (secondary N) is 3. The Bertz CT molecular complexity index is 298. The van der Waals surface area contributed by atoms with Crippen molar-refractivity contribution in [3.8, 4) is 0 Å². The molecule has 146 valence electrons. The number of carbonyl (C=O) groups is 3. The summed E-state index contributed by atoms with van der Waals surface area (Å²) >= 11 is 0. The molecule has 0 saturated heterocycles. The van der Waals surface area contributed by atoms with Crippen LogP contribution in [0.5, 0.6) is 0 Å². The first kappa shape index (κ1) is 30.3. The molecule has 0 fully saturated rings. The van der Waals surface area contributed by atoms with Crippen LogP contribution in [0.25, 0.3) is 0 Å². The van der Waals surface area contributed by atoms with Crippen LogP contribution in [-0.4, -0.2) is 43.9 Å². The van der Waals surface area contributed by atoms with E-state index >= 15 is 0 Å². The molecule has 5 N–H and O–H groups in total. The molecule has 0 aliphatic carbocycles. The van der Waals surface area contributed by atoms with Crippen molar-refractivity contribution in [3.05, 3.63) is 0 Å². The number of carbonyl (C=O) groups excluding carboxylic acids is 3. The third-order valence-electron chi connectivity index (χ3n) is 2.13. The fourth-order valence-corrected chi connectivity index (χ4v) is 1.30. The van der Waals surface area contributed by atoms with Crippen molar-refractivity contribution in [3.63, 3.8) is 0 Å². The van der Waals surface area contributed by atoms with Gasteiger partial charge in [-0.3, -0.25) is 9.59 Å². The van der Waals surface area contributed by atoms with Crippen molar-refractivity contribution < 1.29 is 14.4 Å². The summed E-state index contributed by atoms with van der Waals surface area (Å²) < 4.78 is 0. The normalized spacial score (nSPS) is 9.50. The van der Waals surface area contributed by atoms with Crippen LogP contribution in [0, 0.1) is 0 Å². The molecule has 7 nitrogen and oxygen atoms in total. The van der Waals surface area contributed by atoms with Gasteiger partial charge in [0, 0.05) is 6.54 Å². The fraction of sp³-hybridized carbons (Fsp3) is 0.824. The second kappa shape index (κ2) is 26.3. The maximum Gasteiger partial charge on any atom is 0.312 e. The number of amides is 3. The average Bonchev–Trinajstić information content (AvgIpc) is 2.54. The van der Waals surface area contributed by atoms with E-state index in [0.717, 1.165) is 0 Å². The van der Waals surface area contributed by atoms with Crippen LogP contribution in [0.4, 0.5) is 4.79 Å². The fourth-order valence-electron chi connectivity index (χ4n) is 1.30. The maximum atomic E-state index is 11.3. The van der Waals surface area contributed by atoms with Gasteiger partial charge in [-0.05, 0) is 26.8 Å². The van der Waals surface area contributed by atoms with Crippen LogP contribution in [0.3, 0.4) is 0 Å². The minimum atomic E-state index is -0.594. The van der Waals surface area contributed by atoms with Gasteiger partial charge >= 0.3 is 6.03 Å². The number of primary amides is 1. The number of hydrogen-bond donors (Lipinski definition) is 4. The Balaban J connectivity index is -0.000000247. The molecule has 0 aliphatic heterocycles. The van der Waals surface area contributed by atoms with Crippen molar-refractivity contribution in [2.24, 2.45) is 5.73 Å². The molecule has 3 amide bonds. The van der Waals surface area contributed by atoms with E-state index < -0.39 is 12.1 Å². The summed E-state index contributed by atoms with van der Waals surface area (Å²) in [5.74, 6) is -0.330. The molecule has 0 aromatic heterocycles. The summed E-state index contributed by atoms with van der Waals surface area (Å²) in [5.41, 5.74) is 4.89. The van der Waals surface area contributed by atoms with Gasteiger partial charge in [-0.1, -0.05) is 48.0 Å². The van der Waals surface area contributed by atoms with E-state index in [2.05, 4.69) is 29.8 Å². The minimum absolute atomic E-state index is 0.103. The van der Waals surface area contributed by atoms with Gasteiger partial charge in [0.1, 0.15) is 0 Å². The lowest BCUT2D eigenvalue weighted by Crippen LogP contribution is -2.43. The van der Waals surface area contributed by atoms with Gasteiger partial charge in [0.25, 0.3) is 0 Å². The van der Waals surface area contributed by atoms with Crippen LogP contribution in [-0.2, 0) is 9.59 Å². The van der Waals surface area contributed by atoms with E-state index in [1.807, 2.05) is 27.7 Å². The number of nitrogens with two attached hydrogens (primary N) is 1. The largest absolute Gasteiger partial charge is 0.352 e. The number of urea groups is 1. The third-order valence-corrected chi connectivity index (χ3v) is 2.13. The highest BCUT2D eigenvalue weighted by Gasteiger charge is 2.15. The number of rotatable bonds is 8. The Kier molecular flexibility index (Phi) is 33.1. The van der Waals surface area contributed by atoms with Crippen molar-refractivity contribution >= 4 is 17.7 Å². The summed E-state index contributed by atoms with van der Waals surface area (Å²) in [5, 5.41) is 7.73. The van der Waals surface area contributed by atoms with Crippen molar-refractivity contribution in [2.45, 2.75) is 73.8 Å². The first-order valence-corrected chi connectivity index (χ1v) is 8.86. The highest BCUT2D eigenvalue weighted by atomic mass is 16.2.